The normalized spacial score (nSPS) is 16.5. The van der Waals surface area contributed by atoms with Crippen molar-refractivity contribution in [2.24, 2.45) is 11.8 Å². The van der Waals surface area contributed by atoms with E-state index in [4.69, 9.17) is 0 Å². The van der Waals surface area contributed by atoms with Crippen LogP contribution in [-0.4, -0.2) is 18.3 Å². The Hall–Kier alpha value is -10.2. The van der Waals surface area contributed by atoms with Gasteiger partial charge in [0.25, 0.3) is 0 Å². The molecular formula is C79H56N4. The molecule has 392 valence electrons. The molecule has 0 spiro atoms. The topological polar surface area (TPSA) is 19.7 Å². The Kier molecular flexibility index (Phi) is 9.92. The number of hydrogen-bond donors (Lipinski definition) is 0. The summed E-state index contributed by atoms with van der Waals surface area (Å²) in [6.07, 6.45) is 3.15. The first-order valence-electron chi connectivity index (χ1n) is 29.5. The van der Waals surface area contributed by atoms with Gasteiger partial charge in [-0.1, -0.05) is 194 Å². The summed E-state index contributed by atoms with van der Waals surface area (Å²) in [5.41, 5.74) is 19.7. The lowest BCUT2D eigenvalue weighted by Gasteiger charge is -2.48. The van der Waals surface area contributed by atoms with Crippen LogP contribution in [0.4, 0.5) is 0 Å². The lowest BCUT2D eigenvalue weighted by Crippen LogP contribution is -2.43. The third-order valence-electron chi connectivity index (χ3n) is 20.0. The molecule has 0 aliphatic heterocycles. The van der Waals surface area contributed by atoms with Crippen LogP contribution in [0.2, 0.25) is 0 Å². The largest absolute Gasteiger partial charge is 0.309 e. The van der Waals surface area contributed by atoms with Crippen molar-refractivity contribution in [3.05, 3.63) is 313 Å². The van der Waals surface area contributed by atoms with Crippen molar-refractivity contribution in [2.75, 3.05) is 0 Å². The number of nitrogens with zero attached hydrogens (tertiary/aromatic N) is 4. The van der Waals surface area contributed by atoms with E-state index in [1.54, 1.807) is 0 Å². The molecule has 2 fully saturated rings. The van der Waals surface area contributed by atoms with Gasteiger partial charge in [0, 0.05) is 76.7 Å². The average molecular weight is 1060 g/mol. The molecule has 2 atom stereocenters. The van der Waals surface area contributed by atoms with E-state index >= 15 is 0 Å². The predicted octanol–water partition coefficient (Wildman–Crippen LogP) is 19.8. The van der Waals surface area contributed by atoms with E-state index in [1.165, 1.54) is 132 Å². The fourth-order valence-corrected chi connectivity index (χ4v) is 16.6. The third kappa shape index (κ3) is 6.52. The number of rotatable bonds is 8. The van der Waals surface area contributed by atoms with Gasteiger partial charge in [0.15, 0.2) is 0 Å². The summed E-state index contributed by atoms with van der Waals surface area (Å²) in [6.45, 7) is 0. The molecule has 4 heteroatoms. The van der Waals surface area contributed by atoms with Crippen LogP contribution in [0.25, 0.3) is 110 Å². The highest BCUT2D eigenvalue weighted by Crippen LogP contribution is 2.68. The molecule has 2 aliphatic rings. The first kappa shape index (κ1) is 46.6. The monoisotopic (exact) mass is 1060 g/mol. The van der Waals surface area contributed by atoms with Crippen LogP contribution in [0.15, 0.2) is 291 Å². The smallest absolute Gasteiger partial charge is 0.0541 e. The molecule has 0 saturated heterocycles. The van der Waals surface area contributed by atoms with Crippen LogP contribution in [0, 0.1) is 11.8 Å². The minimum Gasteiger partial charge on any atom is -0.309 e. The van der Waals surface area contributed by atoms with Crippen LogP contribution < -0.4 is 0 Å². The summed E-state index contributed by atoms with van der Waals surface area (Å²) in [6, 6.07) is 110. The standard InChI is InChI=1S/C79H56N4/c1-9-25-70-62(17-1)63-18-2-10-26-71(63)80(70)58-41-33-52(34-42-58)78(53-35-43-59(44-36-53)81-72-27-11-3-19-64(72)65-20-4-12-28-73(65)81)50-57-49-56(78)51-79(57,54-37-45-60(46-38-54)82-74-29-13-5-21-66(74)67-22-6-14-30-75(67)82)55-39-47-61(48-40-55)83-76-31-15-7-23-68(76)69-24-8-16-32-77(69)83/h1-48,56-57H,49-51H2. The Labute approximate surface area is 481 Å². The minimum absolute atomic E-state index is 0.237. The molecule has 0 N–H and O–H groups in total. The van der Waals surface area contributed by atoms with Gasteiger partial charge in [-0.15, -0.1) is 0 Å². The molecule has 0 radical (unpaired) electrons. The highest BCUT2D eigenvalue weighted by atomic mass is 15.0. The molecule has 2 unspecified atom stereocenters. The van der Waals surface area contributed by atoms with E-state index in [2.05, 4.69) is 309 Å². The molecule has 12 aromatic carbocycles. The van der Waals surface area contributed by atoms with Gasteiger partial charge in [0.2, 0.25) is 0 Å². The van der Waals surface area contributed by atoms with Crippen molar-refractivity contribution in [1.82, 2.24) is 18.3 Å². The molecule has 18 rings (SSSR count). The Morgan fingerprint density at radius 1 is 0.205 bits per heavy atom. The van der Waals surface area contributed by atoms with Gasteiger partial charge in [-0.2, -0.15) is 0 Å². The van der Waals surface area contributed by atoms with Gasteiger partial charge < -0.3 is 18.3 Å². The molecule has 2 saturated carbocycles. The summed E-state index contributed by atoms with van der Waals surface area (Å²) in [5.74, 6) is 0.694. The Morgan fingerprint density at radius 3 is 0.542 bits per heavy atom. The van der Waals surface area contributed by atoms with Crippen molar-refractivity contribution >= 4 is 87.2 Å². The maximum atomic E-state index is 2.49. The van der Waals surface area contributed by atoms with Crippen LogP contribution in [-0.2, 0) is 10.8 Å². The van der Waals surface area contributed by atoms with Crippen molar-refractivity contribution in [3.63, 3.8) is 0 Å². The van der Waals surface area contributed by atoms with Crippen LogP contribution in [0.1, 0.15) is 41.5 Å². The molecule has 4 aromatic heterocycles. The molecule has 4 nitrogen and oxygen atoms in total. The van der Waals surface area contributed by atoms with Crippen molar-refractivity contribution in [1.29, 1.82) is 0 Å². The maximum absolute atomic E-state index is 2.49. The van der Waals surface area contributed by atoms with Crippen LogP contribution in [0.5, 0.6) is 0 Å². The van der Waals surface area contributed by atoms with Gasteiger partial charge in [0.1, 0.15) is 0 Å². The third-order valence-corrected chi connectivity index (χ3v) is 20.0. The Balaban J connectivity index is 0.807. The summed E-state index contributed by atoms with van der Waals surface area (Å²) in [4.78, 5) is 0. The van der Waals surface area contributed by atoms with Crippen molar-refractivity contribution in [3.8, 4) is 22.7 Å². The van der Waals surface area contributed by atoms with Gasteiger partial charge >= 0.3 is 0 Å². The predicted molar refractivity (Wildman–Crippen MR) is 346 cm³/mol. The molecule has 83 heavy (non-hydrogen) atoms. The van der Waals surface area contributed by atoms with Gasteiger partial charge in [-0.25, -0.2) is 0 Å². The number of para-hydroxylation sites is 8. The molecule has 0 amide bonds. The summed E-state index contributed by atoms with van der Waals surface area (Å²) < 4.78 is 9.83. The number of hydrogen-bond acceptors (Lipinski definition) is 0. The molecular weight excluding hydrogens is 1000 g/mol. The average Bonchev–Trinajstić information content (AvgIpc) is 4.20. The zero-order chi connectivity index (χ0) is 54.4. The lowest BCUT2D eigenvalue weighted by molar-refractivity contribution is 0.239. The first-order valence-corrected chi connectivity index (χ1v) is 29.5. The summed E-state index contributed by atoms with van der Waals surface area (Å²) >= 11 is 0. The van der Waals surface area contributed by atoms with Crippen LogP contribution >= 0.6 is 0 Å². The molecule has 4 heterocycles. The summed E-state index contributed by atoms with van der Waals surface area (Å²) in [5, 5.41) is 10.2. The van der Waals surface area contributed by atoms with Gasteiger partial charge in [0.05, 0.1) is 44.1 Å². The Morgan fingerprint density at radius 2 is 0.373 bits per heavy atom. The zero-order valence-electron chi connectivity index (χ0n) is 45.8. The second-order valence-corrected chi connectivity index (χ2v) is 23.6. The van der Waals surface area contributed by atoms with E-state index in [0.29, 0.717) is 11.8 Å². The van der Waals surface area contributed by atoms with Crippen LogP contribution in [0.3, 0.4) is 0 Å². The lowest BCUT2D eigenvalue weighted by atomic mass is 9.55. The molecule has 2 aliphatic carbocycles. The fourth-order valence-electron chi connectivity index (χ4n) is 16.6. The molecule has 16 aromatic rings. The van der Waals surface area contributed by atoms with E-state index in [0.717, 1.165) is 19.3 Å². The first-order chi connectivity index (χ1) is 41.1. The van der Waals surface area contributed by atoms with E-state index in [9.17, 15) is 0 Å². The van der Waals surface area contributed by atoms with Crippen molar-refractivity contribution in [2.45, 2.75) is 30.1 Å². The Bertz CT molecular complexity index is 4380. The van der Waals surface area contributed by atoms with Gasteiger partial charge in [-0.05, 0) is 150 Å². The highest BCUT2D eigenvalue weighted by molar-refractivity contribution is 6.12. The highest BCUT2D eigenvalue weighted by Gasteiger charge is 2.63. The fraction of sp³-hybridized carbons (Fsp3) is 0.0886. The number of benzene rings is 12. The van der Waals surface area contributed by atoms with E-state index < -0.39 is 0 Å². The quantitative estimate of drug-likeness (QED) is 0.145. The summed E-state index contributed by atoms with van der Waals surface area (Å²) in [7, 11) is 0. The minimum atomic E-state index is -0.237. The van der Waals surface area contributed by atoms with Gasteiger partial charge in [-0.3, -0.25) is 0 Å². The number of aromatic nitrogens is 4. The second-order valence-electron chi connectivity index (χ2n) is 23.6. The van der Waals surface area contributed by atoms with Crippen molar-refractivity contribution < 1.29 is 0 Å². The van der Waals surface area contributed by atoms with E-state index in [1.807, 2.05) is 0 Å². The maximum Gasteiger partial charge on any atom is 0.0541 e. The SMILES string of the molecule is c1ccc2c(c1)c1ccccc1n2-c1ccc(C2(c3ccc(-n4c5ccccc5c5ccccc54)cc3)CC3CC2CC3(c2ccc(-n3c4ccccc4c4ccccc43)cc2)c2ccc(-n3c4ccccc4c4ccccc43)cc2)cc1. The zero-order valence-corrected chi connectivity index (χ0v) is 45.8. The number of fused-ring (bicyclic) bond motifs is 14. The second kappa shape index (κ2) is 17.7. The molecule has 2 bridgehead atoms. The van der Waals surface area contributed by atoms with E-state index in [-0.39, 0.29) is 10.8 Å².